The Morgan fingerprint density at radius 3 is 2.33 bits per heavy atom. The van der Waals surface area contributed by atoms with Gasteiger partial charge in [-0.2, -0.15) is 0 Å². The second-order valence-electron chi connectivity index (χ2n) is 7.11. The first kappa shape index (κ1) is 22.7. The molecule has 0 fully saturated rings. The molecule has 0 heterocycles. The van der Waals surface area contributed by atoms with Crippen molar-refractivity contribution in [3.05, 3.63) is 53.3 Å². The predicted octanol–water partition coefficient (Wildman–Crippen LogP) is 6.14. The fourth-order valence-electron chi connectivity index (χ4n) is 2.64. The molecule has 1 unspecified atom stereocenters. The lowest BCUT2D eigenvalue weighted by Gasteiger charge is -2.22. The molecule has 1 atom stereocenters. The minimum absolute atomic E-state index is 0.254. The van der Waals surface area contributed by atoms with Crippen molar-refractivity contribution in [3.63, 3.8) is 0 Å². The number of aliphatic imine (C=N–C) groups is 1. The maximum absolute atomic E-state index is 11.2. The molecule has 27 heavy (non-hydrogen) atoms. The van der Waals surface area contributed by atoms with Gasteiger partial charge in [0.1, 0.15) is 5.75 Å². The molecule has 148 valence electrons. The van der Waals surface area contributed by atoms with Gasteiger partial charge < -0.3 is 9.84 Å². The highest BCUT2D eigenvalue weighted by Crippen LogP contribution is 2.26. The highest BCUT2D eigenvalue weighted by molar-refractivity contribution is 5.79. The normalized spacial score (nSPS) is 14.4. The van der Waals surface area contributed by atoms with Crippen LogP contribution >= 0.6 is 0 Å². The van der Waals surface area contributed by atoms with Crippen LogP contribution in [-0.4, -0.2) is 22.9 Å². The summed E-state index contributed by atoms with van der Waals surface area (Å²) in [5, 5.41) is 9.17. The standard InChI is InChI=1S/C23H33NO3/c1-7-10-18(8-2)16-24-17(4)15-19(9-3)20-11-13-21(14-12-20)27-23(5,6)22(25)26/h10-16,19H,7-9H2,1-6H3,(H,25,26)/b17-15+,18-10-,24-16-. The van der Waals surface area contributed by atoms with E-state index < -0.39 is 11.6 Å². The van der Waals surface area contributed by atoms with Crippen molar-refractivity contribution >= 4 is 12.2 Å². The van der Waals surface area contributed by atoms with Gasteiger partial charge in [0.15, 0.2) is 5.60 Å². The number of nitrogens with zero attached hydrogens (tertiary/aromatic N) is 1. The van der Waals surface area contributed by atoms with Crippen molar-refractivity contribution in [1.29, 1.82) is 0 Å². The molecule has 1 aromatic carbocycles. The Bertz CT molecular complexity index is 697. The van der Waals surface area contributed by atoms with Gasteiger partial charge in [0.05, 0.1) is 0 Å². The largest absolute Gasteiger partial charge is 0.478 e. The quantitative estimate of drug-likeness (QED) is 0.502. The summed E-state index contributed by atoms with van der Waals surface area (Å²) < 4.78 is 5.57. The predicted molar refractivity (Wildman–Crippen MR) is 113 cm³/mol. The molecule has 0 radical (unpaired) electrons. The molecular formula is C23H33NO3. The second-order valence-corrected chi connectivity index (χ2v) is 7.11. The molecule has 0 aliphatic heterocycles. The summed E-state index contributed by atoms with van der Waals surface area (Å²) in [6, 6.07) is 7.63. The zero-order valence-corrected chi connectivity index (χ0v) is 17.5. The summed E-state index contributed by atoms with van der Waals surface area (Å²) in [6.07, 6.45) is 9.28. The van der Waals surface area contributed by atoms with Crippen LogP contribution in [0.25, 0.3) is 0 Å². The lowest BCUT2D eigenvalue weighted by Crippen LogP contribution is -2.37. The van der Waals surface area contributed by atoms with Gasteiger partial charge in [0.2, 0.25) is 0 Å². The van der Waals surface area contributed by atoms with Gasteiger partial charge in [-0.05, 0) is 63.3 Å². The van der Waals surface area contributed by atoms with Gasteiger partial charge in [-0.1, -0.05) is 45.1 Å². The van der Waals surface area contributed by atoms with E-state index in [1.165, 1.54) is 5.57 Å². The van der Waals surface area contributed by atoms with Gasteiger partial charge in [0.25, 0.3) is 0 Å². The van der Waals surface area contributed by atoms with Crippen LogP contribution in [0.1, 0.15) is 72.3 Å². The fraction of sp³-hybridized carbons (Fsp3) is 0.478. The maximum atomic E-state index is 11.2. The molecule has 0 aliphatic rings. The van der Waals surface area contributed by atoms with E-state index in [0.717, 1.165) is 30.5 Å². The summed E-state index contributed by atoms with van der Waals surface area (Å²) in [7, 11) is 0. The molecule has 1 N–H and O–H groups in total. The smallest absolute Gasteiger partial charge is 0.347 e. The molecule has 0 saturated carbocycles. The van der Waals surface area contributed by atoms with E-state index in [1.807, 2.05) is 37.4 Å². The van der Waals surface area contributed by atoms with E-state index in [-0.39, 0.29) is 5.92 Å². The number of hydrogen-bond donors (Lipinski definition) is 1. The molecule has 0 bridgehead atoms. The zero-order chi connectivity index (χ0) is 20.4. The Labute approximate surface area is 163 Å². The summed E-state index contributed by atoms with van der Waals surface area (Å²) in [6.45, 7) is 11.5. The third-order valence-electron chi connectivity index (χ3n) is 4.39. The SMILES string of the molecule is CC\C=C(/C=N\C(C)=C\C(CC)c1ccc(OC(C)(C)C(=O)O)cc1)CC. The van der Waals surface area contributed by atoms with Gasteiger partial charge in [-0.25, -0.2) is 4.79 Å². The number of hydrogen-bond acceptors (Lipinski definition) is 3. The first-order valence-corrected chi connectivity index (χ1v) is 9.67. The monoisotopic (exact) mass is 371 g/mol. The van der Waals surface area contributed by atoms with E-state index in [2.05, 4.69) is 37.9 Å². The van der Waals surface area contributed by atoms with Crippen molar-refractivity contribution < 1.29 is 14.6 Å². The zero-order valence-electron chi connectivity index (χ0n) is 17.5. The number of allylic oxidation sites excluding steroid dienone is 4. The van der Waals surface area contributed by atoms with Crippen molar-refractivity contribution in [2.24, 2.45) is 4.99 Å². The van der Waals surface area contributed by atoms with E-state index in [1.54, 1.807) is 13.8 Å². The maximum Gasteiger partial charge on any atom is 0.347 e. The summed E-state index contributed by atoms with van der Waals surface area (Å²) in [5.74, 6) is -0.182. The van der Waals surface area contributed by atoms with Gasteiger partial charge in [-0.3, -0.25) is 4.99 Å². The van der Waals surface area contributed by atoms with Crippen LogP contribution in [0.2, 0.25) is 0 Å². The van der Waals surface area contributed by atoms with Crippen LogP contribution in [-0.2, 0) is 4.79 Å². The molecule has 1 rings (SSSR count). The van der Waals surface area contributed by atoms with Gasteiger partial charge in [0, 0.05) is 17.8 Å². The average Bonchev–Trinajstić information content (AvgIpc) is 2.63. The van der Waals surface area contributed by atoms with Crippen molar-refractivity contribution in [2.75, 3.05) is 0 Å². The molecule has 0 aliphatic carbocycles. The van der Waals surface area contributed by atoms with Crippen LogP contribution in [0.4, 0.5) is 0 Å². The van der Waals surface area contributed by atoms with Crippen LogP contribution in [0, 0.1) is 0 Å². The van der Waals surface area contributed by atoms with E-state index >= 15 is 0 Å². The molecular weight excluding hydrogens is 338 g/mol. The van der Waals surface area contributed by atoms with Crippen molar-refractivity contribution in [3.8, 4) is 5.75 Å². The Morgan fingerprint density at radius 2 is 1.85 bits per heavy atom. The Balaban J connectivity index is 2.91. The lowest BCUT2D eigenvalue weighted by atomic mass is 9.95. The molecule has 0 amide bonds. The highest BCUT2D eigenvalue weighted by atomic mass is 16.5. The number of carboxylic acid groups (broad SMARTS) is 1. The number of benzene rings is 1. The molecule has 4 nitrogen and oxygen atoms in total. The topological polar surface area (TPSA) is 58.9 Å². The third-order valence-corrected chi connectivity index (χ3v) is 4.39. The van der Waals surface area contributed by atoms with Crippen LogP contribution < -0.4 is 4.74 Å². The molecule has 0 saturated heterocycles. The number of carbonyl (C=O) groups is 1. The van der Waals surface area contributed by atoms with Crippen LogP contribution in [0.5, 0.6) is 5.75 Å². The number of carboxylic acids is 1. The minimum Gasteiger partial charge on any atom is -0.478 e. The van der Waals surface area contributed by atoms with E-state index in [0.29, 0.717) is 5.75 Å². The summed E-state index contributed by atoms with van der Waals surface area (Å²) in [5.41, 5.74) is 2.15. The Hall–Kier alpha value is -2.36. The first-order valence-electron chi connectivity index (χ1n) is 9.67. The second kappa shape index (κ2) is 10.7. The lowest BCUT2D eigenvalue weighted by molar-refractivity contribution is -0.152. The van der Waals surface area contributed by atoms with E-state index in [9.17, 15) is 9.90 Å². The molecule has 0 spiro atoms. The first-order chi connectivity index (χ1) is 12.7. The Morgan fingerprint density at radius 1 is 1.22 bits per heavy atom. The summed E-state index contributed by atoms with van der Waals surface area (Å²) in [4.78, 5) is 15.8. The molecule has 0 aromatic heterocycles. The highest BCUT2D eigenvalue weighted by Gasteiger charge is 2.29. The third kappa shape index (κ3) is 7.41. The fourth-order valence-corrected chi connectivity index (χ4v) is 2.64. The van der Waals surface area contributed by atoms with Gasteiger partial charge in [-0.15, -0.1) is 0 Å². The molecule has 1 aromatic rings. The van der Waals surface area contributed by atoms with Crippen molar-refractivity contribution in [1.82, 2.24) is 0 Å². The summed E-state index contributed by atoms with van der Waals surface area (Å²) >= 11 is 0. The molecule has 4 heteroatoms. The Kier molecular flexibility index (Phi) is 8.99. The number of rotatable bonds is 10. The number of aliphatic carboxylic acids is 1. The van der Waals surface area contributed by atoms with Crippen LogP contribution in [0.3, 0.4) is 0 Å². The van der Waals surface area contributed by atoms with Gasteiger partial charge >= 0.3 is 5.97 Å². The number of ether oxygens (including phenoxy) is 1. The average molecular weight is 372 g/mol. The van der Waals surface area contributed by atoms with Crippen molar-refractivity contribution in [2.45, 2.75) is 72.3 Å². The minimum atomic E-state index is -1.25. The van der Waals surface area contributed by atoms with E-state index in [4.69, 9.17) is 4.74 Å². The van der Waals surface area contributed by atoms with Crippen LogP contribution in [0.15, 0.2) is 52.7 Å².